The zero-order chi connectivity index (χ0) is 16.3. The van der Waals surface area contributed by atoms with Gasteiger partial charge in [0.15, 0.2) is 5.37 Å². The molecule has 1 aromatic carbocycles. The molecule has 0 aromatic heterocycles. The second kappa shape index (κ2) is 6.95. The highest BCUT2D eigenvalue weighted by Crippen LogP contribution is 2.24. The molecule has 3 N–H and O–H groups in total. The third kappa shape index (κ3) is 3.78. The van der Waals surface area contributed by atoms with Crippen molar-refractivity contribution in [2.45, 2.75) is 25.3 Å². The Bertz CT molecular complexity index is 652. The molecular formula is C13H18BrN3O4S. The van der Waals surface area contributed by atoms with Gasteiger partial charge in [-0.2, -0.15) is 0 Å². The number of sulfonamides is 1. The van der Waals surface area contributed by atoms with Crippen molar-refractivity contribution in [2.75, 3.05) is 11.3 Å². The van der Waals surface area contributed by atoms with Gasteiger partial charge in [-0.1, -0.05) is 22.0 Å². The molecule has 1 saturated heterocycles. The summed E-state index contributed by atoms with van der Waals surface area (Å²) in [7, 11) is -3.82. The number of hydrogen-bond donors (Lipinski definition) is 3. The van der Waals surface area contributed by atoms with E-state index in [1.54, 1.807) is 38.1 Å². The van der Waals surface area contributed by atoms with E-state index in [9.17, 15) is 13.2 Å². The van der Waals surface area contributed by atoms with Crippen molar-refractivity contribution in [3.8, 4) is 0 Å². The number of benzene rings is 1. The molecule has 0 spiro atoms. The van der Waals surface area contributed by atoms with Crippen molar-refractivity contribution in [1.29, 1.82) is 0 Å². The predicted molar refractivity (Wildman–Crippen MR) is 86.3 cm³/mol. The second-order valence-electron chi connectivity index (χ2n) is 4.93. The molecule has 3 unspecified atom stereocenters. The first-order valence-electron chi connectivity index (χ1n) is 6.80. The molecule has 0 aliphatic carbocycles. The van der Waals surface area contributed by atoms with Gasteiger partial charge < -0.3 is 4.74 Å². The Kier molecular flexibility index (Phi) is 5.43. The van der Waals surface area contributed by atoms with Crippen LogP contribution in [0.3, 0.4) is 0 Å². The summed E-state index contributed by atoms with van der Waals surface area (Å²) in [5.41, 5.74) is 5.86. The van der Waals surface area contributed by atoms with Gasteiger partial charge in [0, 0.05) is 16.2 Å². The molecule has 1 heterocycles. The lowest BCUT2D eigenvalue weighted by Gasteiger charge is -2.20. The van der Waals surface area contributed by atoms with Crippen LogP contribution in [0, 0.1) is 5.92 Å². The highest BCUT2D eigenvalue weighted by Gasteiger charge is 2.46. The van der Waals surface area contributed by atoms with Crippen LogP contribution < -0.4 is 15.6 Å². The van der Waals surface area contributed by atoms with E-state index in [4.69, 9.17) is 4.74 Å². The van der Waals surface area contributed by atoms with Gasteiger partial charge in [-0.15, -0.1) is 0 Å². The Morgan fingerprint density at radius 1 is 1.41 bits per heavy atom. The second-order valence-corrected chi connectivity index (χ2v) is 7.65. The minimum atomic E-state index is -3.82. The summed E-state index contributed by atoms with van der Waals surface area (Å²) >= 11 is 3.28. The summed E-state index contributed by atoms with van der Waals surface area (Å²) in [6, 6.07) is 6.42. The van der Waals surface area contributed by atoms with Crippen molar-refractivity contribution < 1.29 is 17.9 Å². The average molecular weight is 392 g/mol. The maximum Gasteiger partial charge on any atom is 0.313 e. The number of carbonyl (C=O) groups is 1. The van der Waals surface area contributed by atoms with Crippen molar-refractivity contribution in [2.24, 2.45) is 5.92 Å². The molecule has 0 saturated carbocycles. The molecule has 2 rings (SSSR count). The van der Waals surface area contributed by atoms with E-state index in [0.717, 1.165) is 4.47 Å². The van der Waals surface area contributed by atoms with Crippen LogP contribution in [0.15, 0.2) is 28.7 Å². The van der Waals surface area contributed by atoms with E-state index in [2.05, 4.69) is 31.5 Å². The largest absolute Gasteiger partial charge is 0.466 e. The summed E-state index contributed by atoms with van der Waals surface area (Å²) < 4.78 is 33.3. The molecule has 1 aliphatic rings. The van der Waals surface area contributed by atoms with Gasteiger partial charge in [0.25, 0.3) is 10.0 Å². The van der Waals surface area contributed by atoms with Crippen LogP contribution in [-0.2, 0) is 19.6 Å². The molecule has 1 aromatic rings. The Morgan fingerprint density at radius 3 is 2.77 bits per heavy atom. The first-order valence-corrected chi connectivity index (χ1v) is 9.14. The van der Waals surface area contributed by atoms with E-state index in [0.29, 0.717) is 5.69 Å². The summed E-state index contributed by atoms with van der Waals surface area (Å²) in [6.07, 6.45) is 0. The summed E-state index contributed by atoms with van der Waals surface area (Å²) in [5, 5.41) is -1.11. The Morgan fingerprint density at radius 2 is 2.14 bits per heavy atom. The molecule has 7 nitrogen and oxygen atoms in total. The zero-order valence-electron chi connectivity index (χ0n) is 12.2. The standard InChI is InChI=1S/C13H18BrN3O4S/c1-3-21-13(18)11-8(2)15-16-12(11)22(19,20)17-10-6-4-5-9(14)7-10/h4-8,11-12,15-17H,3H2,1-2H3. The molecule has 3 atom stereocenters. The number of esters is 1. The normalized spacial score (nSPS) is 25.0. The Balaban J connectivity index is 2.22. The van der Waals surface area contributed by atoms with Crippen LogP contribution in [0.4, 0.5) is 5.69 Å². The van der Waals surface area contributed by atoms with Crippen LogP contribution in [0.5, 0.6) is 0 Å². The van der Waals surface area contributed by atoms with Gasteiger partial charge in [0.05, 0.1) is 6.61 Å². The van der Waals surface area contributed by atoms with Crippen molar-refractivity contribution in [3.63, 3.8) is 0 Å². The molecule has 1 fully saturated rings. The Labute approximate surface area is 138 Å². The van der Waals surface area contributed by atoms with Crippen LogP contribution in [-0.4, -0.2) is 32.4 Å². The number of halogens is 1. The van der Waals surface area contributed by atoms with E-state index in [1.807, 2.05) is 0 Å². The first-order chi connectivity index (χ1) is 10.3. The SMILES string of the molecule is CCOC(=O)C1C(C)NNC1S(=O)(=O)Nc1cccc(Br)c1. The number of nitrogens with one attached hydrogen (secondary N) is 3. The molecule has 0 radical (unpaired) electrons. The highest BCUT2D eigenvalue weighted by molar-refractivity contribution is 9.10. The number of ether oxygens (including phenoxy) is 1. The fourth-order valence-corrected chi connectivity index (χ4v) is 4.21. The molecule has 0 amide bonds. The lowest BCUT2D eigenvalue weighted by molar-refractivity contribution is -0.148. The number of hydrazine groups is 1. The number of anilines is 1. The fraction of sp³-hybridized carbons (Fsp3) is 0.462. The van der Waals surface area contributed by atoms with Crippen LogP contribution in [0.1, 0.15) is 13.8 Å². The van der Waals surface area contributed by atoms with E-state index >= 15 is 0 Å². The zero-order valence-corrected chi connectivity index (χ0v) is 14.6. The molecule has 1 aliphatic heterocycles. The van der Waals surface area contributed by atoms with Gasteiger partial charge in [0.1, 0.15) is 5.92 Å². The maximum absolute atomic E-state index is 12.5. The van der Waals surface area contributed by atoms with Gasteiger partial charge in [-0.05, 0) is 32.0 Å². The number of hydrogen-bond acceptors (Lipinski definition) is 6. The van der Waals surface area contributed by atoms with E-state index in [1.165, 1.54) is 0 Å². The predicted octanol–water partition coefficient (Wildman–Crippen LogP) is 1.19. The van der Waals surface area contributed by atoms with Crippen molar-refractivity contribution >= 4 is 37.6 Å². The summed E-state index contributed by atoms with van der Waals surface area (Å²) in [4.78, 5) is 12.0. The van der Waals surface area contributed by atoms with Gasteiger partial charge >= 0.3 is 5.97 Å². The minimum Gasteiger partial charge on any atom is -0.466 e. The Hall–Kier alpha value is -1.16. The van der Waals surface area contributed by atoms with Crippen molar-refractivity contribution in [3.05, 3.63) is 28.7 Å². The van der Waals surface area contributed by atoms with Crippen LogP contribution in [0.25, 0.3) is 0 Å². The third-order valence-electron chi connectivity index (χ3n) is 3.30. The summed E-state index contributed by atoms with van der Waals surface area (Å²) in [5.74, 6) is -1.37. The first kappa shape index (κ1) is 17.2. The van der Waals surface area contributed by atoms with E-state index < -0.39 is 27.3 Å². The molecule has 22 heavy (non-hydrogen) atoms. The van der Waals surface area contributed by atoms with Crippen LogP contribution >= 0.6 is 15.9 Å². The summed E-state index contributed by atoms with van der Waals surface area (Å²) in [6.45, 7) is 3.61. The van der Waals surface area contributed by atoms with Gasteiger partial charge in [0.2, 0.25) is 0 Å². The van der Waals surface area contributed by atoms with Crippen LogP contribution in [0.2, 0.25) is 0 Å². The minimum absolute atomic E-state index is 0.202. The lowest BCUT2D eigenvalue weighted by atomic mass is 10.0. The fourth-order valence-electron chi connectivity index (χ4n) is 2.27. The molecular weight excluding hydrogens is 374 g/mol. The molecule has 122 valence electrons. The van der Waals surface area contributed by atoms with E-state index in [-0.39, 0.29) is 12.6 Å². The van der Waals surface area contributed by atoms with Crippen molar-refractivity contribution in [1.82, 2.24) is 10.9 Å². The molecule has 0 bridgehead atoms. The third-order valence-corrected chi connectivity index (χ3v) is 5.39. The highest BCUT2D eigenvalue weighted by atomic mass is 79.9. The monoisotopic (exact) mass is 391 g/mol. The number of rotatable bonds is 5. The lowest BCUT2D eigenvalue weighted by Crippen LogP contribution is -2.44. The maximum atomic E-state index is 12.5. The van der Waals surface area contributed by atoms with Gasteiger partial charge in [-0.25, -0.2) is 13.8 Å². The smallest absolute Gasteiger partial charge is 0.313 e. The molecule has 9 heteroatoms. The van der Waals surface area contributed by atoms with Gasteiger partial charge in [-0.3, -0.25) is 14.9 Å². The topological polar surface area (TPSA) is 96.5 Å². The quantitative estimate of drug-likeness (QED) is 0.652. The average Bonchev–Trinajstić information content (AvgIpc) is 2.81. The number of carbonyl (C=O) groups excluding carboxylic acids is 1.